The standard InChI is InChI=1S/C29H23F2N5O3/c1-39-24-16-6-19(7-17-24)28(29(38)32-22-12-8-20(30)9-13-22)36(23-14-10-21(31)11-15-23)27(37)18-35-26-5-3-2-4-25(26)33-34-35/h2-17,28H,18H2,1H3,(H,32,38). The molecule has 0 radical (unpaired) electrons. The number of nitrogens with one attached hydrogen (secondary N) is 1. The van der Waals surface area contributed by atoms with Crippen LogP contribution in [0.2, 0.25) is 0 Å². The Kier molecular flexibility index (Phi) is 7.26. The molecule has 0 saturated heterocycles. The van der Waals surface area contributed by atoms with Gasteiger partial charge in [-0.1, -0.05) is 29.5 Å². The largest absolute Gasteiger partial charge is 0.497 e. The summed E-state index contributed by atoms with van der Waals surface area (Å²) >= 11 is 0. The molecule has 4 aromatic carbocycles. The zero-order valence-electron chi connectivity index (χ0n) is 20.8. The highest BCUT2D eigenvalue weighted by molar-refractivity contribution is 6.05. The third-order valence-electron chi connectivity index (χ3n) is 6.13. The average molecular weight is 528 g/mol. The van der Waals surface area contributed by atoms with E-state index >= 15 is 0 Å². The van der Waals surface area contributed by atoms with Crippen LogP contribution in [0.5, 0.6) is 5.75 Å². The van der Waals surface area contributed by atoms with Gasteiger partial charge in [0.2, 0.25) is 5.91 Å². The highest BCUT2D eigenvalue weighted by Crippen LogP contribution is 2.31. The number of nitrogens with zero attached hydrogens (tertiary/aromatic N) is 4. The van der Waals surface area contributed by atoms with Crippen LogP contribution in [0.3, 0.4) is 0 Å². The minimum absolute atomic E-state index is 0.242. The minimum Gasteiger partial charge on any atom is -0.497 e. The predicted molar refractivity (Wildman–Crippen MR) is 142 cm³/mol. The summed E-state index contributed by atoms with van der Waals surface area (Å²) in [5.74, 6) is -1.45. The van der Waals surface area contributed by atoms with Gasteiger partial charge in [0.25, 0.3) is 5.91 Å². The number of carbonyl (C=O) groups excluding carboxylic acids is 2. The van der Waals surface area contributed by atoms with Crippen molar-refractivity contribution in [3.8, 4) is 5.75 Å². The number of halogens is 2. The quantitative estimate of drug-likeness (QED) is 0.302. The lowest BCUT2D eigenvalue weighted by Crippen LogP contribution is -2.43. The molecule has 1 heterocycles. The SMILES string of the molecule is COc1ccc(C(C(=O)Nc2ccc(F)cc2)N(C(=O)Cn2nnc3ccccc32)c2ccc(F)cc2)cc1. The van der Waals surface area contributed by atoms with E-state index in [9.17, 15) is 18.4 Å². The lowest BCUT2D eigenvalue weighted by atomic mass is 10.0. The molecule has 0 fully saturated rings. The number of hydrogen-bond donors (Lipinski definition) is 1. The van der Waals surface area contributed by atoms with Crippen LogP contribution >= 0.6 is 0 Å². The fourth-order valence-corrected chi connectivity index (χ4v) is 4.22. The van der Waals surface area contributed by atoms with Gasteiger partial charge in [-0.15, -0.1) is 5.10 Å². The Morgan fingerprint density at radius 1 is 0.897 bits per heavy atom. The van der Waals surface area contributed by atoms with Crippen molar-refractivity contribution in [1.29, 1.82) is 0 Å². The Morgan fingerprint density at radius 3 is 2.21 bits per heavy atom. The normalized spacial score (nSPS) is 11.7. The first-order valence-corrected chi connectivity index (χ1v) is 12.0. The van der Waals surface area contributed by atoms with Crippen molar-refractivity contribution in [1.82, 2.24) is 15.0 Å². The van der Waals surface area contributed by atoms with Gasteiger partial charge in [-0.25, -0.2) is 13.5 Å². The summed E-state index contributed by atoms with van der Waals surface area (Å²) in [4.78, 5) is 29.1. The monoisotopic (exact) mass is 527 g/mol. The molecule has 10 heteroatoms. The van der Waals surface area contributed by atoms with E-state index in [4.69, 9.17) is 4.74 Å². The van der Waals surface area contributed by atoms with E-state index in [1.165, 1.54) is 65.2 Å². The summed E-state index contributed by atoms with van der Waals surface area (Å²) in [7, 11) is 1.52. The Morgan fingerprint density at radius 2 is 1.54 bits per heavy atom. The van der Waals surface area contributed by atoms with E-state index in [0.29, 0.717) is 33.7 Å². The minimum atomic E-state index is -1.19. The fraction of sp³-hybridized carbons (Fsp3) is 0.103. The predicted octanol–water partition coefficient (Wildman–Crippen LogP) is 5.13. The first-order chi connectivity index (χ1) is 18.9. The number of fused-ring (bicyclic) bond motifs is 1. The van der Waals surface area contributed by atoms with Gasteiger partial charge in [-0.2, -0.15) is 0 Å². The van der Waals surface area contributed by atoms with Crippen molar-refractivity contribution < 1.29 is 23.1 Å². The molecule has 0 bridgehead atoms. The van der Waals surface area contributed by atoms with Crippen LogP contribution < -0.4 is 15.0 Å². The Hall–Kier alpha value is -5.12. The summed E-state index contributed by atoms with van der Waals surface area (Å²) in [5, 5.41) is 11.0. The van der Waals surface area contributed by atoms with E-state index in [1.54, 1.807) is 42.5 Å². The van der Waals surface area contributed by atoms with Crippen LogP contribution in [0, 0.1) is 11.6 Å². The molecule has 5 rings (SSSR count). The third-order valence-corrected chi connectivity index (χ3v) is 6.13. The summed E-state index contributed by atoms with van der Waals surface area (Å²) in [6, 6.07) is 23.2. The molecule has 0 aliphatic rings. The average Bonchev–Trinajstić information content (AvgIpc) is 3.36. The van der Waals surface area contributed by atoms with Crippen LogP contribution in [0.25, 0.3) is 11.0 Å². The fourth-order valence-electron chi connectivity index (χ4n) is 4.22. The zero-order valence-corrected chi connectivity index (χ0v) is 20.8. The molecule has 5 aromatic rings. The second kappa shape index (κ2) is 11.1. The highest BCUT2D eigenvalue weighted by atomic mass is 19.1. The second-order valence-corrected chi connectivity index (χ2v) is 8.65. The maximum Gasteiger partial charge on any atom is 0.252 e. The zero-order chi connectivity index (χ0) is 27.4. The Balaban J connectivity index is 1.58. The van der Waals surface area contributed by atoms with Crippen LogP contribution in [0.15, 0.2) is 97.1 Å². The van der Waals surface area contributed by atoms with Crippen LogP contribution in [0.4, 0.5) is 20.2 Å². The molecular weight excluding hydrogens is 504 g/mol. The number of para-hydroxylation sites is 1. The number of hydrogen-bond acceptors (Lipinski definition) is 5. The molecule has 0 aliphatic heterocycles. The van der Waals surface area contributed by atoms with Crippen LogP contribution in [-0.4, -0.2) is 33.9 Å². The number of benzene rings is 4. The first-order valence-electron chi connectivity index (χ1n) is 12.0. The van der Waals surface area contributed by atoms with E-state index in [-0.39, 0.29) is 6.54 Å². The topological polar surface area (TPSA) is 89.4 Å². The molecule has 0 saturated carbocycles. The third kappa shape index (κ3) is 5.59. The van der Waals surface area contributed by atoms with Gasteiger partial charge in [0, 0.05) is 11.4 Å². The summed E-state index contributed by atoms with van der Waals surface area (Å²) < 4.78 is 34.0. The summed E-state index contributed by atoms with van der Waals surface area (Å²) in [6.07, 6.45) is 0. The number of rotatable bonds is 8. The molecule has 0 aliphatic carbocycles. The van der Waals surface area contributed by atoms with Gasteiger partial charge in [-0.3, -0.25) is 14.5 Å². The molecule has 1 aromatic heterocycles. The number of carbonyl (C=O) groups is 2. The molecule has 1 unspecified atom stereocenters. The molecule has 39 heavy (non-hydrogen) atoms. The molecule has 2 amide bonds. The van der Waals surface area contributed by atoms with Gasteiger partial charge in [-0.05, 0) is 78.4 Å². The van der Waals surface area contributed by atoms with Crippen molar-refractivity contribution in [2.75, 3.05) is 17.3 Å². The summed E-state index contributed by atoms with van der Waals surface area (Å²) in [6.45, 7) is -0.242. The lowest BCUT2D eigenvalue weighted by Gasteiger charge is -2.31. The van der Waals surface area contributed by atoms with Gasteiger partial charge < -0.3 is 10.1 Å². The molecule has 8 nitrogen and oxygen atoms in total. The van der Waals surface area contributed by atoms with Crippen molar-refractivity contribution in [3.63, 3.8) is 0 Å². The summed E-state index contributed by atoms with van der Waals surface area (Å²) in [5.41, 5.74) is 2.35. The number of amides is 2. The molecule has 196 valence electrons. The van der Waals surface area contributed by atoms with Crippen molar-refractivity contribution in [2.45, 2.75) is 12.6 Å². The van der Waals surface area contributed by atoms with E-state index in [0.717, 1.165) is 0 Å². The van der Waals surface area contributed by atoms with Gasteiger partial charge >= 0.3 is 0 Å². The van der Waals surface area contributed by atoms with Crippen molar-refractivity contribution >= 4 is 34.2 Å². The first kappa shape index (κ1) is 25.5. The Bertz CT molecular complexity index is 1600. The smallest absolute Gasteiger partial charge is 0.252 e. The van der Waals surface area contributed by atoms with Gasteiger partial charge in [0.15, 0.2) is 0 Å². The number of aromatic nitrogens is 3. The molecule has 1 N–H and O–H groups in total. The van der Waals surface area contributed by atoms with Crippen LogP contribution in [0.1, 0.15) is 11.6 Å². The number of anilines is 2. The van der Waals surface area contributed by atoms with Crippen molar-refractivity contribution in [2.24, 2.45) is 0 Å². The highest BCUT2D eigenvalue weighted by Gasteiger charge is 2.33. The lowest BCUT2D eigenvalue weighted by molar-refractivity contribution is -0.124. The molecule has 1 atom stereocenters. The van der Waals surface area contributed by atoms with E-state index in [2.05, 4.69) is 15.6 Å². The second-order valence-electron chi connectivity index (χ2n) is 8.65. The van der Waals surface area contributed by atoms with Gasteiger partial charge in [0.1, 0.15) is 35.5 Å². The molecule has 0 spiro atoms. The Labute approximate surface area is 222 Å². The van der Waals surface area contributed by atoms with Gasteiger partial charge in [0.05, 0.1) is 12.6 Å². The maximum absolute atomic E-state index is 14.0. The van der Waals surface area contributed by atoms with Crippen LogP contribution in [-0.2, 0) is 16.1 Å². The number of ether oxygens (including phenoxy) is 1. The molecular formula is C29H23F2N5O3. The maximum atomic E-state index is 14.0. The van der Waals surface area contributed by atoms with E-state index < -0.39 is 29.5 Å². The number of methoxy groups -OCH3 is 1. The van der Waals surface area contributed by atoms with Crippen molar-refractivity contribution in [3.05, 3.63) is 114 Å². The van der Waals surface area contributed by atoms with E-state index in [1.807, 2.05) is 6.07 Å².